The van der Waals surface area contributed by atoms with E-state index in [1.54, 1.807) is 30.5 Å². The number of carbonyl (C=O) groups excluding carboxylic acids is 2. The predicted octanol–water partition coefficient (Wildman–Crippen LogP) is 3.57. The second-order valence-corrected chi connectivity index (χ2v) is 15.7. The highest BCUT2D eigenvalue weighted by Gasteiger charge is 2.58. The first-order valence-electron chi connectivity index (χ1n) is 15.1. The molecule has 10 nitrogen and oxygen atoms in total. The molecule has 4 aliphatic rings. The lowest BCUT2D eigenvalue weighted by atomic mass is 9.95. The normalized spacial score (nSPS) is 24.2. The van der Waals surface area contributed by atoms with Gasteiger partial charge in [-0.25, -0.2) is 13.4 Å². The first-order valence-corrected chi connectivity index (χ1v) is 17.4. The molecule has 0 unspecified atom stereocenters. The minimum absolute atomic E-state index is 0.0130. The van der Waals surface area contributed by atoms with E-state index in [2.05, 4.69) is 40.0 Å². The Morgan fingerprint density at radius 2 is 1.77 bits per heavy atom. The number of amides is 2. The van der Waals surface area contributed by atoms with E-state index < -0.39 is 38.0 Å². The maximum atomic E-state index is 14.1. The van der Waals surface area contributed by atoms with Crippen LogP contribution in [0.4, 0.5) is 5.69 Å². The Kier molecular flexibility index (Phi) is 8.10. The summed E-state index contributed by atoms with van der Waals surface area (Å²) in [5, 5.41) is 11.7. The maximum Gasteiger partial charge on any atom is 0.244 e. The first-order chi connectivity index (χ1) is 20.9. The summed E-state index contributed by atoms with van der Waals surface area (Å²) in [4.78, 5) is 37.8. The molecule has 2 saturated heterocycles. The standard InChI is InChI=1S/C31H36Cl2N6O4S/c1-20(2)37-11-13-38(14-12-37)22-4-5-26(24(32)15-22)44(42,43)23-16-25(28(40)36-30(19-34)7-8-30)39(18-23)29(41)31(9-10-31)21-3-6-27(33)35-17-21/h3-6,15,17,20,23,25H,7-14,16,18H2,1-2H3,(H,36,40)/t23-,25+/m1/s1. The molecule has 3 heterocycles. The summed E-state index contributed by atoms with van der Waals surface area (Å²) in [6, 6.07) is 9.94. The van der Waals surface area contributed by atoms with Crippen molar-refractivity contribution in [1.29, 1.82) is 5.26 Å². The summed E-state index contributed by atoms with van der Waals surface area (Å²) in [5.41, 5.74) is -0.308. The number of halogens is 2. The smallest absolute Gasteiger partial charge is 0.244 e. The van der Waals surface area contributed by atoms with Gasteiger partial charge in [0, 0.05) is 50.6 Å². The highest BCUT2D eigenvalue weighted by molar-refractivity contribution is 7.92. The van der Waals surface area contributed by atoms with Crippen LogP contribution in [0.25, 0.3) is 0 Å². The molecular weight excluding hydrogens is 623 g/mol. The number of rotatable bonds is 8. The Morgan fingerprint density at radius 1 is 1.07 bits per heavy atom. The highest BCUT2D eigenvalue weighted by atomic mass is 35.5. The average molecular weight is 660 g/mol. The molecule has 2 atom stereocenters. The lowest BCUT2D eigenvalue weighted by Crippen LogP contribution is -2.51. The van der Waals surface area contributed by atoms with Gasteiger partial charge >= 0.3 is 0 Å². The van der Waals surface area contributed by atoms with E-state index in [1.165, 1.54) is 11.0 Å². The van der Waals surface area contributed by atoms with Crippen LogP contribution in [0.2, 0.25) is 10.2 Å². The molecule has 1 N–H and O–H groups in total. The third-order valence-corrected chi connectivity index (χ3v) is 12.5. The zero-order valence-electron chi connectivity index (χ0n) is 24.8. The summed E-state index contributed by atoms with van der Waals surface area (Å²) in [7, 11) is -4.03. The second-order valence-electron chi connectivity index (χ2n) is 12.7. The zero-order chi connectivity index (χ0) is 31.4. The monoisotopic (exact) mass is 658 g/mol. The second kappa shape index (κ2) is 11.5. The number of carbonyl (C=O) groups is 2. The fourth-order valence-corrected chi connectivity index (χ4v) is 8.83. The minimum Gasteiger partial charge on any atom is -0.369 e. The van der Waals surface area contributed by atoms with Crippen molar-refractivity contribution in [3.63, 3.8) is 0 Å². The van der Waals surface area contributed by atoms with Gasteiger partial charge in [-0.15, -0.1) is 0 Å². The molecule has 2 amide bonds. The zero-order valence-corrected chi connectivity index (χ0v) is 27.1. The molecule has 2 aliphatic carbocycles. The molecule has 2 saturated carbocycles. The number of anilines is 1. The van der Waals surface area contributed by atoms with Gasteiger partial charge in [0.05, 0.1) is 26.7 Å². The number of aromatic nitrogens is 1. The van der Waals surface area contributed by atoms with Crippen LogP contribution in [0.5, 0.6) is 0 Å². The first kappa shape index (κ1) is 31.1. The van der Waals surface area contributed by atoms with Crippen LogP contribution in [-0.4, -0.2) is 90.6 Å². The average Bonchev–Trinajstić information content (AvgIpc) is 3.93. The number of nitrogens with one attached hydrogen (secondary N) is 1. The summed E-state index contributed by atoms with van der Waals surface area (Å²) in [6.07, 6.45) is 3.62. The van der Waals surface area contributed by atoms with Crippen molar-refractivity contribution in [2.75, 3.05) is 37.6 Å². The van der Waals surface area contributed by atoms with Gasteiger partial charge in [-0.05, 0) is 75.8 Å². The summed E-state index contributed by atoms with van der Waals surface area (Å²) in [6.45, 7) is 7.63. The van der Waals surface area contributed by atoms with Crippen molar-refractivity contribution in [3.8, 4) is 6.07 Å². The number of hydrogen-bond donors (Lipinski definition) is 1. The van der Waals surface area contributed by atoms with Crippen LogP contribution < -0.4 is 10.2 Å². The SMILES string of the molecule is CC(C)N1CCN(c2ccc(S(=O)(=O)[C@@H]3C[C@@H](C(=O)NC4(C#N)CC4)N(C(=O)C4(c5ccc(Cl)nc5)CC4)C3)c(Cl)c2)CC1. The maximum absolute atomic E-state index is 14.1. The van der Waals surface area contributed by atoms with Crippen LogP contribution in [0, 0.1) is 11.3 Å². The fraction of sp³-hybridized carbons (Fsp3) is 0.548. The number of hydrogen-bond acceptors (Lipinski definition) is 8. The number of piperazine rings is 1. The third kappa shape index (κ3) is 5.66. The molecule has 1 aromatic carbocycles. The van der Waals surface area contributed by atoms with Gasteiger partial charge < -0.3 is 15.1 Å². The number of benzene rings is 1. The van der Waals surface area contributed by atoms with Crippen LogP contribution >= 0.6 is 23.2 Å². The van der Waals surface area contributed by atoms with Crippen molar-refractivity contribution < 1.29 is 18.0 Å². The number of pyridine rings is 1. The third-order valence-electron chi connectivity index (χ3n) is 9.66. The Bertz CT molecular complexity index is 1610. The van der Waals surface area contributed by atoms with Gasteiger partial charge in [0.1, 0.15) is 16.7 Å². The van der Waals surface area contributed by atoms with Crippen molar-refractivity contribution in [2.24, 2.45) is 0 Å². The fourth-order valence-electron chi connectivity index (χ4n) is 6.48. The van der Waals surface area contributed by atoms with Gasteiger partial charge in [-0.3, -0.25) is 14.5 Å². The van der Waals surface area contributed by atoms with Gasteiger partial charge in [0.15, 0.2) is 9.84 Å². The molecule has 0 bridgehead atoms. The Hall–Kier alpha value is -2.91. The van der Waals surface area contributed by atoms with Crippen LogP contribution in [0.15, 0.2) is 41.4 Å². The molecule has 234 valence electrons. The molecule has 6 rings (SSSR count). The number of nitrogens with zero attached hydrogens (tertiary/aromatic N) is 5. The predicted molar refractivity (Wildman–Crippen MR) is 167 cm³/mol. The Morgan fingerprint density at radius 3 is 2.32 bits per heavy atom. The van der Waals surface area contributed by atoms with Crippen molar-refractivity contribution in [2.45, 2.75) is 79.1 Å². The quantitative estimate of drug-likeness (QED) is 0.427. The summed E-state index contributed by atoms with van der Waals surface area (Å²) < 4.78 is 28.1. The lowest BCUT2D eigenvalue weighted by molar-refractivity contribution is -0.140. The van der Waals surface area contributed by atoms with Crippen molar-refractivity contribution >= 4 is 50.5 Å². The van der Waals surface area contributed by atoms with Gasteiger partial charge in [-0.2, -0.15) is 5.26 Å². The number of sulfone groups is 1. The van der Waals surface area contributed by atoms with Crippen LogP contribution in [0.1, 0.15) is 51.5 Å². The van der Waals surface area contributed by atoms with E-state index in [1.807, 2.05) is 0 Å². The molecule has 44 heavy (non-hydrogen) atoms. The van der Waals surface area contributed by atoms with Crippen LogP contribution in [-0.2, 0) is 24.8 Å². The number of nitriles is 1. The molecule has 13 heteroatoms. The summed E-state index contributed by atoms with van der Waals surface area (Å²) >= 11 is 12.6. The van der Waals surface area contributed by atoms with Gasteiger partial charge in [-0.1, -0.05) is 29.3 Å². The van der Waals surface area contributed by atoms with E-state index in [0.29, 0.717) is 42.4 Å². The molecule has 4 fully saturated rings. The number of likely N-dealkylation sites (tertiary alicyclic amines) is 1. The molecule has 1 aromatic heterocycles. The van der Waals surface area contributed by atoms with Crippen LogP contribution in [0.3, 0.4) is 0 Å². The van der Waals surface area contributed by atoms with E-state index in [0.717, 1.165) is 31.9 Å². The van der Waals surface area contributed by atoms with Crippen molar-refractivity contribution in [1.82, 2.24) is 20.1 Å². The molecule has 0 spiro atoms. The summed E-state index contributed by atoms with van der Waals surface area (Å²) in [5.74, 6) is -0.828. The minimum atomic E-state index is -4.03. The molecular formula is C31H36Cl2N6O4S. The van der Waals surface area contributed by atoms with E-state index in [9.17, 15) is 23.3 Å². The topological polar surface area (TPSA) is 127 Å². The van der Waals surface area contributed by atoms with E-state index in [-0.39, 0.29) is 28.8 Å². The highest BCUT2D eigenvalue weighted by Crippen LogP contribution is 2.51. The van der Waals surface area contributed by atoms with Crippen molar-refractivity contribution in [3.05, 3.63) is 52.3 Å². The van der Waals surface area contributed by atoms with Gasteiger partial charge in [0.25, 0.3) is 0 Å². The largest absolute Gasteiger partial charge is 0.369 e. The van der Waals surface area contributed by atoms with Gasteiger partial charge in [0.2, 0.25) is 11.8 Å². The molecule has 2 aliphatic heterocycles. The molecule has 0 radical (unpaired) electrons. The Labute approximate surface area is 268 Å². The lowest BCUT2D eigenvalue weighted by Gasteiger charge is -2.38. The van der Waals surface area contributed by atoms with E-state index >= 15 is 0 Å². The Balaban J connectivity index is 1.25. The van der Waals surface area contributed by atoms with E-state index in [4.69, 9.17) is 23.2 Å². The molecule has 2 aromatic rings.